The summed E-state index contributed by atoms with van der Waals surface area (Å²) in [5.41, 5.74) is 8.03. The van der Waals surface area contributed by atoms with Crippen LogP contribution in [0.15, 0.2) is 18.2 Å². The van der Waals surface area contributed by atoms with Gasteiger partial charge in [0, 0.05) is 22.8 Å². The summed E-state index contributed by atoms with van der Waals surface area (Å²) in [6.07, 6.45) is 1.11. The van der Waals surface area contributed by atoms with Gasteiger partial charge in [0.1, 0.15) is 0 Å². The second-order valence-electron chi connectivity index (χ2n) is 6.87. The quantitative estimate of drug-likeness (QED) is 0.802. The molecule has 0 amide bonds. The Kier molecular flexibility index (Phi) is 4.68. The molecule has 0 atom stereocenters. The average molecular weight is 269 g/mol. The summed E-state index contributed by atoms with van der Waals surface area (Å²) in [7, 11) is 0. The highest BCUT2D eigenvalue weighted by molar-refractivity contribution is 6.30. The Labute approximate surface area is 116 Å². The minimum atomic E-state index is 0.0926. The van der Waals surface area contributed by atoms with Crippen molar-refractivity contribution in [2.24, 2.45) is 5.41 Å². The molecular formula is C15H25ClN2. The van der Waals surface area contributed by atoms with E-state index in [0.717, 1.165) is 18.5 Å². The molecule has 1 aromatic rings. The van der Waals surface area contributed by atoms with E-state index in [1.807, 2.05) is 12.1 Å². The normalized spacial score (nSPS) is 12.8. The summed E-state index contributed by atoms with van der Waals surface area (Å²) in [5.74, 6) is 0. The summed E-state index contributed by atoms with van der Waals surface area (Å²) >= 11 is 6.00. The number of rotatable bonds is 4. The lowest BCUT2D eigenvalue weighted by Gasteiger charge is -2.33. The van der Waals surface area contributed by atoms with E-state index in [0.29, 0.717) is 16.1 Å². The summed E-state index contributed by atoms with van der Waals surface area (Å²) in [4.78, 5) is 0. The van der Waals surface area contributed by atoms with Gasteiger partial charge in [-0.2, -0.15) is 0 Å². The van der Waals surface area contributed by atoms with Crippen LogP contribution in [0.1, 0.15) is 46.6 Å². The molecule has 18 heavy (non-hydrogen) atoms. The lowest BCUT2D eigenvalue weighted by Crippen LogP contribution is -2.41. The van der Waals surface area contributed by atoms with Crippen LogP contribution in [0.4, 0.5) is 5.69 Å². The first kappa shape index (κ1) is 15.3. The van der Waals surface area contributed by atoms with Crippen molar-refractivity contribution in [2.75, 3.05) is 5.73 Å². The van der Waals surface area contributed by atoms with Crippen molar-refractivity contribution in [1.82, 2.24) is 5.32 Å². The predicted molar refractivity (Wildman–Crippen MR) is 80.9 cm³/mol. The van der Waals surface area contributed by atoms with Crippen LogP contribution in [0.5, 0.6) is 0 Å². The molecule has 0 fully saturated rings. The van der Waals surface area contributed by atoms with Gasteiger partial charge < -0.3 is 11.1 Å². The number of anilines is 1. The number of benzene rings is 1. The maximum Gasteiger partial charge on any atom is 0.0429 e. The van der Waals surface area contributed by atoms with E-state index in [1.165, 1.54) is 0 Å². The van der Waals surface area contributed by atoms with Gasteiger partial charge in [-0.25, -0.2) is 0 Å². The number of nitrogens with two attached hydrogens (primary N) is 1. The van der Waals surface area contributed by atoms with Gasteiger partial charge >= 0.3 is 0 Å². The van der Waals surface area contributed by atoms with Gasteiger partial charge in [0.15, 0.2) is 0 Å². The first-order chi connectivity index (χ1) is 8.07. The van der Waals surface area contributed by atoms with Crippen LogP contribution in [0.25, 0.3) is 0 Å². The van der Waals surface area contributed by atoms with Crippen molar-refractivity contribution in [3.63, 3.8) is 0 Å². The van der Waals surface area contributed by atoms with E-state index in [1.54, 1.807) is 6.07 Å². The molecule has 0 aliphatic carbocycles. The number of hydrogen-bond donors (Lipinski definition) is 2. The molecule has 1 aromatic carbocycles. The van der Waals surface area contributed by atoms with Crippen LogP contribution in [0.3, 0.4) is 0 Å². The van der Waals surface area contributed by atoms with E-state index in [2.05, 4.69) is 39.9 Å². The third kappa shape index (κ3) is 5.74. The Balaban J connectivity index is 2.64. The summed E-state index contributed by atoms with van der Waals surface area (Å²) in [5, 5.41) is 4.27. The summed E-state index contributed by atoms with van der Waals surface area (Å²) in [6.45, 7) is 12.0. The standard InChI is InChI=1S/C15H25ClN2/c1-14(2,3)10-15(4,5)18-9-11-6-12(16)8-13(17)7-11/h6-8,18H,9-10,17H2,1-5H3. The van der Waals surface area contributed by atoms with Crippen LogP contribution >= 0.6 is 11.6 Å². The molecule has 0 radical (unpaired) electrons. The number of nitrogen functional groups attached to an aromatic ring is 1. The minimum Gasteiger partial charge on any atom is -0.399 e. The van der Waals surface area contributed by atoms with Crippen molar-refractivity contribution in [3.05, 3.63) is 28.8 Å². The van der Waals surface area contributed by atoms with Gasteiger partial charge in [0.05, 0.1) is 0 Å². The van der Waals surface area contributed by atoms with Gasteiger partial charge in [0.25, 0.3) is 0 Å². The smallest absolute Gasteiger partial charge is 0.0429 e. The van der Waals surface area contributed by atoms with E-state index in [9.17, 15) is 0 Å². The molecule has 2 nitrogen and oxygen atoms in total. The van der Waals surface area contributed by atoms with Crippen LogP contribution in [-0.2, 0) is 6.54 Å². The fraction of sp³-hybridized carbons (Fsp3) is 0.600. The van der Waals surface area contributed by atoms with Gasteiger partial charge in [-0.05, 0) is 49.4 Å². The topological polar surface area (TPSA) is 38.0 Å². The zero-order chi connectivity index (χ0) is 14.0. The van der Waals surface area contributed by atoms with Gasteiger partial charge in [-0.3, -0.25) is 0 Å². The highest BCUT2D eigenvalue weighted by Gasteiger charge is 2.24. The van der Waals surface area contributed by atoms with Crippen LogP contribution < -0.4 is 11.1 Å². The third-order valence-corrected chi connectivity index (χ3v) is 2.94. The Bertz CT molecular complexity index is 385. The fourth-order valence-corrected chi connectivity index (χ4v) is 2.77. The fourth-order valence-electron chi connectivity index (χ4n) is 2.51. The highest BCUT2D eigenvalue weighted by Crippen LogP contribution is 2.27. The molecule has 3 heteroatoms. The van der Waals surface area contributed by atoms with Gasteiger partial charge in [-0.15, -0.1) is 0 Å². The maximum atomic E-state index is 6.00. The molecule has 0 saturated heterocycles. The molecular weight excluding hydrogens is 244 g/mol. The molecule has 0 heterocycles. The molecule has 0 saturated carbocycles. The van der Waals surface area contributed by atoms with Crippen LogP contribution in [-0.4, -0.2) is 5.54 Å². The maximum absolute atomic E-state index is 6.00. The SMILES string of the molecule is CC(C)(C)CC(C)(C)NCc1cc(N)cc(Cl)c1. The van der Waals surface area contributed by atoms with Crippen LogP contribution in [0, 0.1) is 5.41 Å². The average Bonchev–Trinajstić information content (AvgIpc) is 2.09. The highest BCUT2D eigenvalue weighted by atomic mass is 35.5. The molecule has 0 aliphatic heterocycles. The first-order valence-corrected chi connectivity index (χ1v) is 6.75. The van der Waals surface area contributed by atoms with Crippen molar-refractivity contribution in [2.45, 2.75) is 53.1 Å². The van der Waals surface area contributed by atoms with E-state index >= 15 is 0 Å². The van der Waals surface area contributed by atoms with E-state index < -0.39 is 0 Å². The minimum absolute atomic E-state index is 0.0926. The lowest BCUT2D eigenvalue weighted by molar-refractivity contribution is 0.241. The van der Waals surface area contributed by atoms with E-state index in [4.69, 9.17) is 17.3 Å². The molecule has 0 spiro atoms. The zero-order valence-electron chi connectivity index (χ0n) is 12.1. The van der Waals surface area contributed by atoms with Crippen molar-refractivity contribution in [1.29, 1.82) is 0 Å². The summed E-state index contributed by atoms with van der Waals surface area (Å²) < 4.78 is 0. The zero-order valence-corrected chi connectivity index (χ0v) is 12.9. The number of hydrogen-bond acceptors (Lipinski definition) is 2. The van der Waals surface area contributed by atoms with Gasteiger partial charge in [0.2, 0.25) is 0 Å². The Morgan fingerprint density at radius 2 is 1.72 bits per heavy atom. The molecule has 0 bridgehead atoms. The van der Waals surface area contributed by atoms with Crippen molar-refractivity contribution >= 4 is 17.3 Å². The molecule has 0 aromatic heterocycles. The van der Waals surface area contributed by atoms with E-state index in [-0.39, 0.29) is 5.54 Å². The van der Waals surface area contributed by atoms with Crippen molar-refractivity contribution in [3.8, 4) is 0 Å². The van der Waals surface area contributed by atoms with Crippen molar-refractivity contribution < 1.29 is 0 Å². The second-order valence-corrected chi connectivity index (χ2v) is 7.30. The molecule has 0 unspecified atom stereocenters. The second kappa shape index (κ2) is 5.50. The molecule has 0 aliphatic rings. The molecule has 102 valence electrons. The number of halogens is 1. The first-order valence-electron chi connectivity index (χ1n) is 6.37. The lowest BCUT2D eigenvalue weighted by atomic mass is 9.82. The summed E-state index contributed by atoms with van der Waals surface area (Å²) in [6, 6.07) is 5.69. The van der Waals surface area contributed by atoms with Gasteiger partial charge in [-0.1, -0.05) is 32.4 Å². The third-order valence-electron chi connectivity index (χ3n) is 2.72. The predicted octanol–water partition coefficient (Wildman–Crippen LogP) is 4.23. The Morgan fingerprint density at radius 1 is 1.11 bits per heavy atom. The Morgan fingerprint density at radius 3 is 2.22 bits per heavy atom. The van der Waals surface area contributed by atoms with Crippen LogP contribution in [0.2, 0.25) is 5.02 Å². The molecule has 1 rings (SSSR count). The Hall–Kier alpha value is -0.730. The largest absolute Gasteiger partial charge is 0.399 e. The molecule has 3 N–H and O–H groups in total. The number of nitrogens with one attached hydrogen (secondary N) is 1. The monoisotopic (exact) mass is 268 g/mol.